The van der Waals surface area contributed by atoms with Gasteiger partial charge in [-0.15, -0.1) is 0 Å². The molecule has 0 spiro atoms. The van der Waals surface area contributed by atoms with Crippen LogP contribution < -0.4 is 5.73 Å². The van der Waals surface area contributed by atoms with E-state index in [1.54, 1.807) is 0 Å². The third kappa shape index (κ3) is 4.06. The standard InChI is InChI=1S/C18H30N2O/c1-3-17(19)18(15-8-4-7-14(2)13-15)20-11-5-9-16(20)10-6-12-21/h4,7-8,13,16-18,21H,3,5-6,9-12,19H2,1-2H3. The summed E-state index contributed by atoms with van der Waals surface area (Å²) in [6, 6.07) is 9.82. The molecule has 0 saturated carbocycles. The van der Waals surface area contributed by atoms with Crippen LogP contribution in [-0.4, -0.2) is 35.2 Å². The van der Waals surface area contributed by atoms with Crippen LogP contribution in [0.15, 0.2) is 24.3 Å². The number of likely N-dealkylation sites (tertiary alicyclic amines) is 1. The molecule has 1 aromatic carbocycles. The van der Waals surface area contributed by atoms with Crippen molar-refractivity contribution < 1.29 is 5.11 Å². The van der Waals surface area contributed by atoms with Gasteiger partial charge in [-0.1, -0.05) is 36.8 Å². The Bertz CT molecular complexity index is 435. The van der Waals surface area contributed by atoms with E-state index in [9.17, 15) is 0 Å². The van der Waals surface area contributed by atoms with Crippen LogP contribution in [-0.2, 0) is 0 Å². The van der Waals surface area contributed by atoms with E-state index in [0.717, 1.165) is 25.8 Å². The van der Waals surface area contributed by atoms with Crippen molar-refractivity contribution in [1.82, 2.24) is 4.90 Å². The molecule has 1 saturated heterocycles. The lowest BCUT2D eigenvalue weighted by Crippen LogP contribution is -2.43. The lowest BCUT2D eigenvalue weighted by molar-refractivity contribution is 0.140. The Morgan fingerprint density at radius 1 is 1.43 bits per heavy atom. The van der Waals surface area contributed by atoms with Gasteiger partial charge in [0.15, 0.2) is 0 Å². The number of aliphatic hydroxyl groups excluding tert-OH is 1. The first-order valence-corrected chi connectivity index (χ1v) is 8.36. The molecule has 3 N–H and O–H groups in total. The predicted octanol–water partition coefficient (Wildman–Crippen LogP) is 3.01. The predicted molar refractivity (Wildman–Crippen MR) is 88.2 cm³/mol. The number of benzene rings is 1. The Morgan fingerprint density at radius 3 is 2.90 bits per heavy atom. The van der Waals surface area contributed by atoms with Crippen LogP contribution in [0.2, 0.25) is 0 Å². The van der Waals surface area contributed by atoms with Crippen molar-refractivity contribution >= 4 is 0 Å². The van der Waals surface area contributed by atoms with Gasteiger partial charge in [0.05, 0.1) is 6.04 Å². The lowest BCUT2D eigenvalue weighted by atomic mass is 9.94. The van der Waals surface area contributed by atoms with Crippen LogP contribution >= 0.6 is 0 Å². The number of aryl methyl sites for hydroxylation is 1. The van der Waals surface area contributed by atoms with Gasteiger partial charge in [0.2, 0.25) is 0 Å². The molecule has 0 aromatic heterocycles. The fourth-order valence-electron chi connectivity index (χ4n) is 3.62. The Hall–Kier alpha value is -0.900. The molecular weight excluding hydrogens is 260 g/mol. The second kappa shape index (κ2) is 7.92. The van der Waals surface area contributed by atoms with Gasteiger partial charge in [-0.3, -0.25) is 4.90 Å². The van der Waals surface area contributed by atoms with Gasteiger partial charge in [-0.05, 0) is 51.1 Å². The highest BCUT2D eigenvalue weighted by atomic mass is 16.2. The molecule has 3 heteroatoms. The summed E-state index contributed by atoms with van der Waals surface area (Å²) in [5.74, 6) is 0. The van der Waals surface area contributed by atoms with Crippen molar-refractivity contribution in [2.24, 2.45) is 5.73 Å². The molecule has 1 aliphatic rings. The molecule has 1 fully saturated rings. The van der Waals surface area contributed by atoms with Crippen LogP contribution in [0.3, 0.4) is 0 Å². The third-order valence-electron chi connectivity index (χ3n) is 4.74. The van der Waals surface area contributed by atoms with Gasteiger partial charge in [-0.2, -0.15) is 0 Å². The van der Waals surface area contributed by atoms with Crippen molar-refractivity contribution in [1.29, 1.82) is 0 Å². The zero-order valence-corrected chi connectivity index (χ0v) is 13.5. The minimum Gasteiger partial charge on any atom is -0.396 e. The smallest absolute Gasteiger partial charge is 0.0502 e. The van der Waals surface area contributed by atoms with Gasteiger partial charge >= 0.3 is 0 Å². The number of hydrogen-bond donors (Lipinski definition) is 2. The maximum absolute atomic E-state index is 9.12. The van der Waals surface area contributed by atoms with Crippen molar-refractivity contribution in [3.8, 4) is 0 Å². The molecule has 0 amide bonds. The number of hydrogen-bond acceptors (Lipinski definition) is 3. The number of aliphatic hydroxyl groups is 1. The van der Waals surface area contributed by atoms with E-state index in [1.807, 2.05) is 0 Å². The summed E-state index contributed by atoms with van der Waals surface area (Å²) in [6.07, 6.45) is 5.44. The zero-order valence-electron chi connectivity index (χ0n) is 13.5. The Kier molecular flexibility index (Phi) is 6.22. The minimum atomic E-state index is 0.168. The Labute approximate surface area is 129 Å². The second-order valence-electron chi connectivity index (χ2n) is 6.33. The average Bonchev–Trinajstić information content (AvgIpc) is 2.93. The van der Waals surface area contributed by atoms with Gasteiger partial charge in [0.25, 0.3) is 0 Å². The van der Waals surface area contributed by atoms with Gasteiger partial charge in [0, 0.05) is 18.7 Å². The maximum Gasteiger partial charge on any atom is 0.0502 e. The maximum atomic E-state index is 9.12. The molecular formula is C18H30N2O. The van der Waals surface area contributed by atoms with Crippen molar-refractivity contribution in [3.05, 3.63) is 35.4 Å². The molecule has 2 rings (SSSR count). The molecule has 21 heavy (non-hydrogen) atoms. The van der Waals surface area contributed by atoms with E-state index in [0.29, 0.717) is 18.7 Å². The summed E-state index contributed by atoms with van der Waals surface area (Å²) >= 11 is 0. The zero-order chi connectivity index (χ0) is 15.2. The van der Waals surface area contributed by atoms with Crippen LogP contribution in [0.5, 0.6) is 0 Å². The number of rotatable bonds is 7. The first kappa shape index (κ1) is 16.5. The van der Waals surface area contributed by atoms with Crippen LogP contribution in [0.25, 0.3) is 0 Å². The van der Waals surface area contributed by atoms with Gasteiger partial charge in [-0.25, -0.2) is 0 Å². The highest BCUT2D eigenvalue weighted by molar-refractivity contribution is 5.26. The first-order valence-electron chi connectivity index (χ1n) is 8.36. The van der Waals surface area contributed by atoms with E-state index in [2.05, 4.69) is 43.0 Å². The van der Waals surface area contributed by atoms with Crippen LogP contribution in [0.1, 0.15) is 56.2 Å². The first-order chi connectivity index (χ1) is 10.2. The number of nitrogens with zero attached hydrogens (tertiary/aromatic N) is 1. The topological polar surface area (TPSA) is 49.5 Å². The molecule has 3 atom stereocenters. The van der Waals surface area contributed by atoms with Gasteiger partial charge < -0.3 is 10.8 Å². The third-order valence-corrected chi connectivity index (χ3v) is 4.74. The molecule has 0 aliphatic carbocycles. The summed E-state index contributed by atoms with van der Waals surface area (Å²) in [5.41, 5.74) is 9.12. The Balaban J connectivity index is 2.23. The van der Waals surface area contributed by atoms with Crippen molar-refractivity contribution in [2.75, 3.05) is 13.2 Å². The largest absolute Gasteiger partial charge is 0.396 e. The average molecular weight is 290 g/mol. The van der Waals surface area contributed by atoms with E-state index in [4.69, 9.17) is 10.8 Å². The number of nitrogens with two attached hydrogens (primary N) is 1. The van der Waals surface area contributed by atoms with Gasteiger partial charge in [0.1, 0.15) is 0 Å². The highest BCUT2D eigenvalue weighted by Crippen LogP contribution is 2.34. The molecule has 0 radical (unpaired) electrons. The summed E-state index contributed by atoms with van der Waals surface area (Å²) in [4.78, 5) is 2.60. The summed E-state index contributed by atoms with van der Waals surface area (Å²) in [6.45, 7) is 5.74. The fourth-order valence-corrected chi connectivity index (χ4v) is 3.62. The molecule has 0 bridgehead atoms. The Morgan fingerprint density at radius 2 is 2.24 bits per heavy atom. The van der Waals surface area contributed by atoms with E-state index in [1.165, 1.54) is 24.0 Å². The monoisotopic (exact) mass is 290 g/mol. The SMILES string of the molecule is CCC(N)C(c1cccc(C)c1)N1CCCC1CCCO. The van der Waals surface area contributed by atoms with Crippen molar-refractivity contribution in [3.63, 3.8) is 0 Å². The van der Waals surface area contributed by atoms with E-state index < -0.39 is 0 Å². The summed E-state index contributed by atoms with van der Waals surface area (Å²) in [5, 5.41) is 9.12. The molecule has 3 unspecified atom stereocenters. The molecule has 1 aliphatic heterocycles. The molecule has 3 nitrogen and oxygen atoms in total. The van der Waals surface area contributed by atoms with E-state index in [-0.39, 0.29) is 6.04 Å². The summed E-state index contributed by atoms with van der Waals surface area (Å²) in [7, 11) is 0. The molecule has 1 heterocycles. The fraction of sp³-hybridized carbons (Fsp3) is 0.667. The molecule has 118 valence electrons. The molecule has 1 aromatic rings. The quantitative estimate of drug-likeness (QED) is 0.811. The normalized spacial score (nSPS) is 22.4. The van der Waals surface area contributed by atoms with Crippen LogP contribution in [0.4, 0.5) is 0 Å². The van der Waals surface area contributed by atoms with Crippen LogP contribution in [0, 0.1) is 6.92 Å². The second-order valence-corrected chi connectivity index (χ2v) is 6.33. The van der Waals surface area contributed by atoms with E-state index >= 15 is 0 Å². The minimum absolute atomic E-state index is 0.168. The van der Waals surface area contributed by atoms with Crippen molar-refractivity contribution in [2.45, 2.75) is 64.1 Å². The summed E-state index contributed by atoms with van der Waals surface area (Å²) < 4.78 is 0. The highest BCUT2D eigenvalue weighted by Gasteiger charge is 2.33. The lowest BCUT2D eigenvalue weighted by Gasteiger charge is -2.37.